The van der Waals surface area contributed by atoms with Crippen molar-refractivity contribution in [2.24, 2.45) is 0 Å². The zero-order valence-electron chi connectivity index (χ0n) is 11.7. The van der Waals surface area contributed by atoms with Gasteiger partial charge in [0.15, 0.2) is 12.6 Å². The molecule has 0 unspecified atom stereocenters. The first-order valence-electron chi connectivity index (χ1n) is 6.63. The number of hydrogen-bond acceptors (Lipinski definition) is 11. The fourth-order valence-electron chi connectivity index (χ4n) is 2.11. The molecule has 2 heterocycles. The smallest absolute Gasteiger partial charge is 0.387 e. The van der Waals surface area contributed by atoms with Gasteiger partial charge in [0.25, 0.3) is 0 Å². The number of aliphatic hydroxyl groups is 6. The molecule has 0 radical (unpaired) electrons. The summed E-state index contributed by atoms with van der Waals surface area (Å²) in [5.74, 6) is 0. The molecule has 0 bridgehead atoms. The van der Waals surface area contributed by atoms with Crippen molar-refractivity contribution in [3.63, 3.8) is 0 Å². The second-order valence-electron chi connectivity index (χ2n) is 5.15. The standard InChI is InChI=1S/C10H19O12P/c11-5-3(21-9(15)7(5)13)1-19-23(17,18)20-2-4-6(12)8(14)10(16)22-4/h3-16H,1-2H2,(H,17,18)/t3-,4-,5-,6-,7-,8-,9-,10-/m1/s1. The van der Waals surface area contributed by atoms with Crippen LogP contribution in [0.25, 0.3) is 0 Å². The molecule has 0 aromatic heterocycles. The van der Waals surface area contributed by atoms with Crippen LogP contribution in [0.15, 0.2) is 0 Å². The van der Waals surface area contributed by atoms with Gasteiger partial charge >= 0.3 is 7.82 Å². The van der Waals surface area contributed by atoms with Crippen molar-refractivity contribution in [2.45, 2.75) is 49.2 Å². The molecular formula is C10H19O12P. The minimum atomic E-state index is -4.64. The second kappa shape index (κ2) is 7.35. The lowest BCUT2D eigenvalue weighted by Gasteiger charge is -2.19. The van der Waals surface area contributed by atoms with Crippen LogP contribution in [-0.2, 0) is 23.1 Å². The Hall–Kier alpha value is -0.210. The van der Waals surface area contributed by atoms with Gasteiger partial charge in [0.05, 0.1) is 13.2 Å². The summed E-state index contributed by atoms with van der Waals surface area (Å²) < 4.78 is 30.2. The van der Waals surface area contributed by atoms with Crippen LogP contribution in [-0.4, -0.2) is 98.0 Å². The quantitative estimate of drug-likeness (QED) is 0.227. The third-order valence-electron chi connectivity index (χ3n) is 3.48. The summed E-state index contributed by atoms with van der Waals surface area (Å²) >= 11 is 0. The molecule has 2 saturated heterocycles. The van der Waals surface area contributed by atoms with E-state index in [0.29, 0.717) is 0 Å². The van der Waals surface area contributed by atoms with E-state index < -0.39 is 70.2 Å². The highest BCUT2D eigenvalue weighted by molar-refractivity contribution is 7.47. The Bertz CT molecular complexity index is 412. The maximum absolute atomic E-state index is 11.7. The Balaban J connectivity index is 1.78. The number of aliphatic hydroxyl groups excluding tert-OH is 6. The van der Waals surface area contributed by atoms with Crippen LogP contribution in [0.3, 0.4) is 0 Å². The Kier molecular flexibility index (Phi) is 6.11. The van der Waals surface area contributed by atoms with Crippen LogP contribution in [0.1, 0.15) is 0 Å². The predicted octanol–water partition coefficient (Wildman–Crippen LogP) is -4.00. The number of phosphoric ester groups is 1. The molecular weight excluding hydrogens is 343 g/mol. The van der Waals surface area contributed by atoms with E-state index in [1.807, 2.05) is 0 Å². The molecule has 0 saturated carbocycles. The van der Waals surface area contributed by atoms with E-state index in [-0.39, 0.29) is 0 Å². The monoisotopic (exact) mass is 362 g/mol. The highest BCUT2D eigenvalue weighted by Crippen LogP contribution is 2.44. The minimum absolute atomic E-state index is 0.664. The molecule has 0 amide bonds. The lowest BCUT2D eigenvalue weighted by Crippen LogP contribution is -2.35. The van der Waals surface area contributed by atoms with E-state index in [4.69, 9.17) is 19.7 Å². The summed E-state index contributed by atoms with van der Waals surface area (Å²) in [5.41, 5.74) is 0. The second-order valence-corrected chi connectivity index (χ2v) is 6.61. The highest BCUT2D eigenvalue weighted by atomic mass is 31.2. The largest absolute Gasteiger partial charge is 0.472 e. The molecule has 8 atom stereocenters. The predicted molar refractivity (Wildman–Crippen MR) is 67.5 cm³/mol. The molecule has 13 heteroatoms. The van der Waals surface area contributed by atoms with Gasteiger partial charge in [-0.05, 0) is 0 Å². The summed E-state index contributed by atoms with van der Waals surface area (Å²) in [5, 5.41) is 55.8. The van der Waals surface area contributed by atoms with Gasteiger partial charge in [-0.1, -0.05) is 0 Å². The normalized spacial score (nSPS) is 44.8. The number of rotatable bonds is 6. The summed E-state index contributed by atoms with van der Waals surface area (Å²) in [4.78, 5) is 9.46. The SMILES string of the molecule is O=P(O)(OC[C@H]1O[C@@H](O)[C@H](O)[C@@H]1O)OC[C@H]1O[C@@H](O)[C@H](O)[C@@H]1O. The maximum Gasteiger partial charge on any atom is 0.472 e. The van der Waals surface area contributed by atoms with Gasteiger partial charge in [-0.15, -0.1) is 0 Å². The number of phosphoric acid groups is 1. The van der Waals surface area contributed by atoms with Crippen molar-refractivity contribution >= 4 is 7.82 Å². The third kappa shape index (κ3) is 4.45. The molecule has 7 N–H and O–H groups in total. The number of ether oxygens (including phenoxy) is 2. The van der Waals surface area contributed by atoms with E-state index in [2.05, 4.69) is 9.05 Å². The average Bonchev–Trinajstić information content (AvgIpc) is 2.88. The van der Waals surface area contributed by atoms with Crippen LogP contribution in [0.5, 0.6) is 0 Å². The zero-order chi connectivity index (χ0) is 17.4. The van der Waals surface area contributed by atoms with Gasteiger partial charge in [-0.3, -0.25) is 9.05 Å². The molecule has 0 spiro atoms. The minimum Gasteiger partial charge on any atom is -0.387 e. The van der Waals surface area contributed by atoms with Crippen LogP contribution in [0.2, 0.25) is 0 Å². The van der Waals surface area contributed by atoms with Crippen LogP contribution >= 0.6 is 7.82 Å². The summed E-state index contributed by atoms with van der Waals surface area (Å²) in [6.07, 6.45) is -12.0. The molecule has 0 aromatic carbocycles. The van der Waals surface area contributed by atoms with Crippen molar-refractivity contribution in [3.05, 3.63) is 0 Å². The van der Waals surface area contributed by atoms with E-state index >= 15 is 0 Å². The molecule has 136 valence electrons. The zero-order valence-corrected chi connectivity index (χ0v) is 12.5. The molecule has 0 aromatic rings. The van der Waals surface area contributed by atoms with Crippen molar-refractivity contribution < 1.29 is 58.6 Å². The molecule has 0 aliphatic carbocycles. The summed E-state index contributed by atoms with van der Waals surface area (Å²) in [6, 6.07) is 0. The van der Waals surface area contributed by atoms with E-state index in [9.17, 15) is 29.9 Å². The van der Waals surface area contributed by atoms with Gasteiger partial charge in [0, 0.05) is 0 Å². The van der Waals surface area contributed by atoms with Gasteiger partial charge in [-0.25, -0.2) is 4.57 Å². The van der Waals surface area contributed by atoms with Crippen LogP contribution in [0, 0.1) is 0 Å². The van der Waals surface area contributed by atoms with Crippen LogP contribution < -0.4 is 0 Å². The Morgan fingerprint density at radius 3 is 1.35 bits per heavy atom. The van der Waals surface area contributed by atoms with Gasteiger partial charge in [-0.2, -0.15) is 0 Å². The van der Waals surface area contributed by atoms with Crippen molar-refractivity contribution in [1.82, 2.24) is 0 Å². The first-order valence-corrected chi connectivity index (χ1v) is 8.13. The topological polar surface area (TPSA) is 196 Å². The lowest BCUT2D eigenvalue weighted by atomic mass is 10.1. The third-order valence-corrected chi connectivity index (χ3v) is 4.43. The van der Waals surface area contributed by atoms with Crippen molar-refractivity contribution in [2.75, 3.05) is 13.2 Å². The molecule has 2 fully saturated rings. The molecule has 23 heavy (non-hydrogen) atoms. The molecule has 12 nitrogen and oxygen atoms in total. The fraction of sp³-hybridized carbons (Fsp3) is 1.00. The Labute approximate surface area is 130 Å². The van der Waals surface area contributed by atoms with Gasteiger partial charge in [0.2, 0.25) is 0 Å². The Morgan fingerprint density at radius 2 is 1.09 bits per heavy atom. The number of hydrogen-bond donors (Lipinski definition) is 7. The summed E-state index contributed by atoms with van der Waals surface area (Å²) in [7, 11) is -4.64. The van der Waals surface area contributed by atoms with Crippen LogP contribution in [0.4, 0.5) is 0 Å². The highest BCUT2D eigenvalue weighted by Gasteiger charge is 2.44. The van der Waals surface area contributed by atoms with E-state index in [0.717, 1.165) is 0 Å². The van der Waals surface area contributed by atoms with Crippen molar-refractivity contribution in [3.8, 4) is 0 Å². The Morgan fingerprint density at radius 1 is 0.739 bits per heavy atom. The summed E-state index contributed by atoms with van der Waals surface area (Å²) in [6.45, 7) is -1.33. The first kappa shape index (κ1) is 19.1. The molecule has 2 aliphatic rings. The van der Waals surface area contributed by atoms with E-state index in [1.165, 1.54) is 0 Å². The maximum atomic E-state index is 11.7. The first-order chi connectivity index (χ1) is 10.6. The average molecular weight is 362 g/mol. The van der Waals surface area contributed by atoms with Crippen molar-refractivity contribution in [1.29, 1.82) is 0 Å². The van der Waals surface area contributed by atoms with Gasteiger partial charge < -0.3 is 45.0 Å². The molecule has 2 aliphatic heterocycles. The lowest BCUT2D eigenvalue weighted by molar-refractivity contribution is -0.135. The fourth-order valence-corrected chi connectivity index (χ4v) is 2.85. The molecule has 2 rings (SSSR count). The van der Waals surface area contributed by atoms with E-state index in [1.54, 1.807) is 0 Å². The van der Waals surface area contributed by atoms with Gasteiger partial charge in [0.1, 0.15) is 36.6 Å².